The predicted octanol–water partition coefficient (Wildman–Crippen LogP) is 0.506. The van der Waals surface area contributed by atoms with Crippen LogP contribution in [0.4, 0.5) is 0 Å². The molecule has 1 atom stereocenters. The number of aryl methyl sites for hydroxylation is 2. The maximum absolute atomic E-state index is 12.1. The first kappa shape index (κ1) is 14.7. The molecular formula is C14H20N6O2. The first-order chi connectivity index (χ1) is 10.6. The fourth-order valence-corrected chi connectivity index (χ4v) is 2.72. The van der Waals surface area contributed by atoms with E-state index in [2.05, 4.69) is 25.5 Å². The maximum atomic E-state index is 12.1. The Hall–Kier alpha value is -2.22. The van der Waals surface area contributed by atoms with Crippen LogP contribution in [0.15, 0.2) is 16.8 Å². The summed E-state index contributed by atoms with van der Waals surface area (Å²) in [5.41, 5.74) is 0.452. The molecule has 8 heteroatoms. The van der Waals surface area contributed by atoms with Gasteiger partial charge in [0, 0.05) is 32.8 Å². The number of nitrogens with one attached hydrogen (secondary N) is 1. The molecule has 0 saturated carbocycles. The smallest absolute Gasteiger partial charge is 0.272 e. The van der Waals surface area contributed by atoms with Crippen molar-refractivity contribution >= 4 is 5.91 Å². The summed E-state index contributed by atoms with van der Waals surface area (Å²) in [6.45, 7) is 4.19. The summed E-state index contributed by atoms with van der Waals surface area (Å²) in [6, 6.07) is 1.84. The molecule has 1 unspecified atom stereocenters. The average Bonchev–Trinajstić information content (AvgIpc) is 3.08. The van der Waals surface area contributed by atoms with Crippen molar-refractivity contribution in [2.24, 2.45) is 7.05 Å². The second-order valence-corrected chi connectivity index (χ2v) is 5.65. The molecule has 0 bridgehead atoms. The van der Waals surface area contributed by atoms with E-state index in [1.54, 1.807) is 30.9 Å². The van der Waals surface area contributed by atoms with Gasteiger partial charge in [0.25, 0.3) is 5.91 Å². The Labute approximate surface area is 128 Å². The highest BCUT2D eigenvalue weighted by molar-refractivity contribution is 5.92. The van der Waals surface area contributed by atoms with Crippen LogP contribution in [0, 0.1) is 6.92 Å². The van der Waals surface area contributed by atoms with Crippen molar-refractivity contribution in [3.63, 3.8) is 0 Å². The zero-order valence-corrected chi connectivity index (χ0v) is 12.8. The summed E-state index contributed by atoms with van der Waals surface area (Å²) < 4.78 is 6.62. The van der Waals surface area contributed by atoms with E-state index >= 15 is 0 Å². The van der Waals surface area contributed by atoms with Gasteiger partial charge < -0.3 is 9.84 Å². The van der Waals surface area contributed by atoms with Crippen molar-refractivity contribution in [2.45, 2.75) is 32.4 Å². The minimum atomic E-state index is -0.122. The van der Waals surface area contributed by atoms with E-state index in [4.69, 9.17) is 4.52 Å². The fourth-order valence-electron chi connectivity index (χ4n) is 2.72. The molecule has 2 aromatic heterocycles. The molecule has 0 radical (unpaired) electrons. The quantitative estimate of drug-likeness (QED) is 0.885. The van der Waals surface area contributed by atoms with Crippen molar-refractivity contribution in [2.75, 3.05) is 13.1 Å². The molecule has 22 heavy (non-hydrogen) atoms. The summed E-state index contributed by atoms with van der Waals surface area (Å²) in [6.07, 6.45) is 3.77. The Balaban J connectivity index is 1.55. The van der Waals surface area contributed by atoms with Crippen LogP contribution in [0.1, 0.15) is 35.0 Å². The lowest BCUT2D eigenvalue weighted by Crippen LogP contribution is -2.47. The molecule has 3 rings (SSSR count). The fraction of sp³-hybridized carbons (Fsp3) is 0.571. The summed E-state index contributed by atoms with van der Waals surface area (Å²) in [4.78, 5) is 18.6. The summed E-state index contributed by atoms with van der Waals surface area (Å²) in [7, 11) is 1.80. The molecule has 1 aliphatic rings. The average molecular weight is 304 g/mol. The van der Waals surface area contributed by atoms with Gasteiger partial charge in [0.2, 0.25) is 5.89 Å². The summed E-state index contributed by atoms with van der Waals surface area (Å²) in [5, 5.41) is 11.1. The first-order valence-corrected chi connectivity index (χ1v) is 7.42. The van der Waals surface area contributed by atoms with Crippen LogP contribution in [0.2, 0.25) is 0 Å². The molecule has 1 fully saturated rings. The number of hydrogen-bond donors (Lipinski definition) is 1. The SMILES string of the molecule is Cc1nc(CN2CCCC(NC(=O)c3ccn(C)n3)C2)no1. The highest BCUT2D eigenvalue weighted by atomic mass is 16.5. The zero-order valence-electron chi connectivity index (χ0n) is 12.8. The van der Waals surface area contributed by atoms with Gasteiger partial charge in [-0.1, -0.05) is 5.16 Å². The van der Waals surface area contributed by atoms with Gasteiger partial charge >= 0.3 is 0 Å². The number of rotatable bonds is 4. The van der Waals surface area contributed by atoms with E-state index < -0.39 is 0 Å². The second kappa shape index (κ2) is 6.27. The Morgan fingerprint density at radius 2 is 2.41 bits per heavy atom. The Kier molecular flexibility index (Phi) is 4.19. The largest absolute Gasteiger partial charge is 0.347 e. The van der Waals surface area contributed by atoms with Gasteiger partial charge in [0.05, 0.1) is 6.54 Å². The van der Waals surface area contributed by atoms with Crippen molar-refractivity contribution in [1.29, 1.82) is 0 Å². The minimum absolute atomic E-state index is 0.122. The predicted molar refractivity (Wildman–Crippen MR) is 78.0 cm³/mol. The van der Waals surface area contributed by atoms with Gasteiger partial charge in [-0.05, 0) is 25.5 Å². The molecule has 118 valence electrons. The van der Waals surface area contributed by atoms with Crippen molar-refractivity contribution in [1.82, 2.24) is 30.1 Å². The summed E-state index contributed by atoms with van der Waals surface area (Å²) in [5.74, 6) is 1.14. The third-order valence-electron chi connectivity index (χ3n) is 3.72. The lowest BCUT2D eigenvalue weighted by Gasteiger charge is -2.32. The van der Waals surface area contributed by atoms with E-state index in [1.807, 2.05) is 0 Å². The number of carbonyl (C=O) groups is 1. The van der Waals surface area contributed by atoms with Crippen LogP contribution in [-0.4, -0.2) is 49.9 Å². The normalized spacial score (nSPS) is 19.3. The molecule has 0 aromatic carbocycles. The molecule has 3 heterocycles. The Bertz CT molecular complexity index is 649. The van der Waals surface area contributed by atoms with Gasteiger partial charge in [-0.3, -0.25) is 14.4 Å². The molecule has 0 spiro atoms. The lowest BCUT2D eigenvalue weighted by atomic mass is 10.1. The molecular weight excluding hydrogens is 284 g/mol. The number of piperidine rings is 1. The molecule has 1 saturated heterocycles. The third-order valence-corrected chi connectivity index (χ3v) is 3.72. The molecule has 1 aliphatic heterocycles. The van der Waals surface area contributed by atoms with Crippen LogP contribution in [0.5, 0.6) is 0 Å². The van der Waals surface area contributed by atoms with E-state index in [-0.39, 0.29) is 11.9 Å². The van der Waals surface area contributed by atoms with Gasteiger partial charge in [0.1, 0.15) is 5.69 Å². The van der Waals surface area contributed by atoms with Crippen LogP contribution < -0.4 is 5.32 Å². The monoisotopic (exact) mass is 304 g/mol. The molecule has 8 nitrogen and oxygen atoms in total. The molecule has 1 amide bonds. The Morgan fingerprint density at radius 1 is 1.55 bits per heavy atom. The highest BCUT2D eigenvalue weighted by Crippen LogP contribution is 2.13. The summed E-state index contributed by atoms with van der Waals surface area (Å²) >= 11 is 0. The second-order valence-electron chi connectivity index (χ2n) is 5.65. The van der Waals surface area contributed by atoms with Gasteiger partial charge in [-0.15, -0.1) is 0 Å². The van der Waals surface area contributed by atoms with Crippen molar-refractivity contribution < 1.29 is 9.32 Å². The molecule has 1 N–H and O–H groups in total. The van der Waals surface area contributed by atoms with Crippen LogP contribution >= 0.6 is 0 Å². The van der Waals surface area contributed by atoms with Gasteiger partial charge in [-0.25, -0.2) is 0 Å². The van der Waals surface area contributed by atoms with Crippen LogP contribution in [0.3, 0.4) is 0 Å². The standard InChI is InChI=1S/C14H20N6O2/c1-10-15-13(18-22-10)9-20-6-3-4-11(8-20)16-14(21)12-5-7-19(2)17-12/h5,7,11H,3-4,6,8-9H2,1-2H3,(H,16,21). The maximum Gasteiger partial charge on any atom is 0.272 e. The van der Waals surface area contributed by atoms with E-state index in [0.29, 0.717) is 24.0 Å². The first-order valence-electron chi connectivity index (χ1n) is 7.42. The minimum Gasteiger partial charge on any atom is -0.347 e. The van der Waals surface area contributed by atoms with Gasteiger partial charge in [-0.2, -0.15) is 10.1 Å². The number of carbonyl (C=O) groups excluding carboxylic acids is 1. The number of amides is 1. The highest BCUT2D eigenvalue weighted by Gasteiger charge is 2.23. The van der Waals surface area contributed by atoms with E-state index in [1.165, 1.54) is 0 Å². The van der Waals surface area contributed by atoms with E-state index in [9.17, 15) is 4.79 Å². The van der Waals surface area contributed by atoms with Crippen molar-refractivity contribution in [3.05, 3.63) is 29.7 Å². The van der Waals surface area contributed by atoms with Gasteiger partial charge in [0.15, 0.2) is 5.82 Å². The van der Waals surface area contributed by atoms with Crippen LogP contribution in [-0.2, 0) is 13.6 Å². The van der Waals surface area contributed by atoms with Crippen molar-refractivity contribution in [3.8, 4) is 0 Å². The molecule has 0 aliphatic carbocycles. The third kappa shape index (κ3) is 3.51. The van der Waals surface area contributed by atoms with Crippen LogP contribution in [0.25, 0.3) is 0 Å². The topological polar surface area (TPSA) is 89.1 Å². The zero-order chi connectivity index (χ0) is 15.5. The number of nitrogens with zero attached hydrogens (tertiary/aromatic N) is 5. The Morgan fingerprint density at radius 3 is 3.09 bits per heavy atom. The molecule has 2 aromatic rings. The van der Waals surface area contributed by atoms with E-state index in [0.717, 1.165) is 25.9 Å². The number of likely N-dealkylation sites (tertiary alicyclic amines) is 1. The number of aromatic nitrogens is 4. The number of hydrogen-bond acceptors (Lipinski definition) is 6. The lowest BCUT2D eigenvalue weighted by molar-refractivity contribution is 0.0893.